The lowest BCUT2D eigenvalue weighted by Gasteiger charge is -2.25. The number of amides is 3. The molecule has 180 valence electrons. The van der Waals surface area contributed by atoms with E-state index in [1.165, 1.54) is 9.80 Å². The fraction of sp³-hybridized carbons (Fsp3) is 0.417. The predicted octanol–water partition coefficient (Wildman–Crippen LogP) is 1.30. The van der Waals surface area contributed by atoms with Crippen molar-refractivity contribution in [2.75, 3.05) is 46.4 Å². The first kappa shape index (κ1) is 23.5. The minimum atomic E-state index is -0.517. The van der Waals surface area contributed by atoms with Crippen LogP contribution in [0.1, 0.15) is 11.3 Å². The van der Waals surface area contributed by atoms with Crippen LogP contribution < -0.4 is 4.74 Å². The van der Waals surface area contributed by atoms with Crippen molar-refractivity contribution < 1.29 is 28.6 Å². The average molecular weight is 469 g/mol. The van der Waals surface area contributed by atoms with Crippen molar-refractivity contribution in [3.05, 3.63) is 59.9 Å². The maximum absolute atomic E-state index is 13.1. The van der Waals surface area contributed by atoms with E-state index in [-0.39, 0.29) is 38.1 Å². The molecular formula is C24H28N4O6. The molecule has 1 aromatic heterocycles. The van der Waals surface area contributed by atoms with E-state index >= 15 is 0 Å². The Bertz CT molecular complexity index is 1020. The number of cyclic esters (lactones) is 1. The van der Waals surface area contributed by atoms with Gasteiger partial charge in [0.05, 0.1) is 45.1 Å². The molecule has 4 rings (SSSR count). The third-order valence-corrected chi connectivity index (χ3v) is 5.75. The SMILES string of the molecule is COc1cccc(COC2CN(C(=O)CN3CCOC3=O)CC(=O)N(Cc3ccccn3)C2)c1. The Morgan fingerprint density at radius 1 is 1.15 bits per heavy atom. The van der Waals surface area contributed by atoms with E-state index in [0.29, 0.717) is 26.2 Å². The lowest BCUT2D eigenvalue weighted by molar-refractivity contribution is -0.139. The molecule has 2 aliphatic heterocycles. The van der Waals surface area contributed by atoms with Crippen LogP contribution in [-0.4, -0.2) is 90.1 Å². The van der Waals surface area contributed by atoms with Crippen LogP contribution in [0.3, 0.4) is 0 Å². The summed E-state index contributed by atoms with van der Waals surface area (Å²) >= 11 is 0. The van der Waals surface area contributed by atoms with E-state index in [4.69, 9.17) is 14.2 Å². The number of methoxy groups -OCH3 is 1. The van der Waals surface area contributed by atoms with E-state index in [0.717, 1.165) is 17.0 Å². The van der Waals surface area contributed by atoms with Gasteiger partial charge >= 0.3 is 6.09 Å². The topological polar surface area (TPSA) is 102 Å². The molecule has 3 heterocycles. The Balaban J connectivity index is 1.48. The Labute approximate surface area is 198 Å². The first-order valence-electron chi connectivity index (χ1n) is 11.1. The highest BCUT2D eigenvalue weighted by atomic mass is 16.6. The van der Waals surface area contributed by atoms with Gasteiger partial charge in [0.2, 0.25) is 11.8 Å². The number of pyridine rings is 1. The van der Waals surface area contributed by atoms with E-state index in [9.17, 15) is 14.4 Å². The van der Waals surface area contributed by atoms with Crippen molar-refractivity contribution >= 4 is 17.9 Å². The molecule has 10 heteroatoms. The largest absolute Gasteiger partial charge is 0.497 e. The first-order valence-corrected chi connectivity index (χ1v) is 11.1. The number of rotatable bonds is 8. The van der Waals surface area contributed by atoms with Crippen LogP contribution in [0, 0.1) is 0 Å². The summed E-state index contributed by atoms with van der Waals surface area (Å²) in [5, 5.41) is 0. The summed E-state index contributed by atoms with van der Waals surface area (Å²) in [6.45, 7) is 1.56. The molecule has 1 aromatic carbocycles. The summed E-state index contributed by atoms with van der Waals surface area (Å²) in [4.78, 5) is 46.6. The highest BCUT2D eigenvalue weighted by Gasteiger charge is 2.33. The highest BCUT2D eigenvalue weighted by Crippen LogP contribution is 2.17. The maximum atomic E-state index is 13.1. The summed E-state index contributed by atoms with van der Waals surface area (Å²) in [6, 6.07) is 13.1. The normalized spacial score (nSPS) is 18.6. The second-order valence-corrected chi connectivity index (χ2v) is 8.19. The number of hydrogen-bond donors (Lipinski definition) is 0. The number of ether oxygens (including phenoxy) is 3. The Morgan fingerprint density at radius 2 is 2.03 bits per heavy atom. The van der Waals surface area contributed by atoms with E-state index in [1.54, 1.807) is 18.2 Å². The molecule has 2 aliphatic rings. The smallest absolute Gasteiger partial charge is 0.410 e. The molecule has 0 N–H and O–H groups in total. The van der Waals surface area contributed by atoms with Gasteiger partial charge in [-0.3, -0.25) is 19.5 Å². The lowest BCUT2D eigenvalue weighted by Crippen LogP contribution is -2.45. The summed E-state index contributed by atoms with van der Waals surface area (Å²) in [5.74, 6) is 0.209. The van der Waals surface area contributed by atoms with Gasteiger partial charge in [-0.2, -0.15) is 0 Å². The molecule has 34 heavy (non-hydrogen) atoms. The summed E-state index contributed by atoms with van der Waals surface area (Å²) in [7, 11) is 1.60. The molecule has 1 unspecified atom stereocenters. The molecule has 2 aromatic rings. The van der Waals surface area contributed by atoms with Crippen molar-refractivity contribution in [3.8, 4) is 5.75 Å². The Hall–Kier alpha value is -3.66. The van der Waals surface area contributed by atoms with Gasteiger partial charge in [0.25, 0.3) is 0 Å². The number of hydrogen-bond acceptors (Lipinski definition) is 7. The second kappa shape index (κ2) is 11.0. The van der Waals surface area contributed by atoms with E-state index < -0.39 is 12.2 Å². The van der Waals surface area contributed by atoms with Gasteiger partial charge in [0.1, 0.15) is 18.9 Å². The van der Waals surface area contributed by atoms with Crippen molar-refractivity contribution in [1.29, 1.82) is 0 Å². The minimum Gasteiger partial charge on any atom is -0.497 e. The van der Waals surface area contributed by atoms with Gasteiger partial charge in [-0.05, 0) is 29.8 Å². The van der Waals surface area contributed by atoms with Crippen LogP contribution in [0.25, 0.3) is 0 Å². The standard InChI is InChI=1S/C24H28N4O6/c1-32-20-7-4-5-18(11-20)17-34-21-13-27(12-19-6-2-3-8-25-19)23(30)16-28(14-21)22(29)15-26-9-10-33-24(26)31/h2-8,11,21H,9-10,12-17H2,1H3. The zero-order valence-electron chi connectivity index (χ0n) is 19.1. The van der Waals surface area contributed by atoms with Crippen molar-refractivity contribution in [2.45, 2.75) is 19.3 Å². The molecule has 0 aliphatic carbocycles. The number of carbonyl (C=O) groups is 3. The number of nitrogens with zero attached hydrogens (tertiary/aromatic N) is 4. The Kier molecular flexibility index (Phi) is 7.58. The monoisotopic (exact) mass is 468 g/mol. The molecular weight excluding hydrogens is 440 g/mol. The van der Waals surface area contributed by atoms with Gasteiger partial charge in [-0.1, -0.05) is 18.2 Å². The first-order chi connectivity index (χ1) is 16.5. The number of benzene rings is 1. The fourth-order valence-electron chi connectivity index (χ4n) is 3.92. The molecule has 2 saturated heterocycles. The second-order valence-electron chi connectivity index (χ2n) is 8.19. The summed E-state index contributed by atoms with van der Waals surface area (Å²) < 4.78 is 16.4. The van der Waals surface area contributed by atoms with Gasteiger partial charge in [0.15, 0.2) is 0 Å². The van der Waals surface area contributed by atoms with Crippen LogP contribution in [0.15, 0.2) is 48.7 Å². The summed E-state index contributed by atoms with van der Waals surface area (Å²) in [6.07, 6.45) is 0.743. The maximum Gasteiger partial charge on any atom is 0.410 e. The molecule has 0 radical (unpaired) electrons. The Morgan fingerprint density at radius 3 is 2.76 bits per heavy atom. The van der Waals surface area contributed by atoms with E-state index in [1.807, 2.05) is 42.5 Å². The minimum absolute atomic E-state index is 0.0897. The zero-order valence-corrected chi connectivity index (χ0v) is 19.1. The molecule has 3 amide bonds. The van der Waals surface area contributed by atoms with Crippen molar-refractivity contribution in [2.24, 2.45) is 0 Å². The van der Waals surface area contributed by atoms with E-state index in [2.05, 4.69) is 4.98 Å². The molecule has 2 fully saturated rings. The zero-order chi connectivity index (χ0) is 23.9. The summed E-state index contributed by atoms with van der Waals surface area (Å²) in [5.41, 5.74) is 1.67. The van der Waals surface area contributed by atoms with Crippen LogP contribution in [0.4, 0.5) is 4.79 Å². The molecule has 10 nitrogen and oxygen atoms in total. The van der Waals surface area contributed by atoms with Crippen LogP contribution >= 0.6 is 0 Å². The highest BCUT2D eigenvalue weighted by molar-refractivity contribution is 5.88. The van der Waals surface area contributed by atoms with Gasteiger partial charge in [-0.25, -0.2) is 4.79 Å². The lowest BCUT2D eigenvalue weighted by atomic mass is 10.2. The van der Waals surface area contributed by atoms with Gasteiger partial charge in [0, 0.05) is 19.3 Å². The third kappa shape index (κ3) is 6.02. The average Bonchev–Trinajstić information content (AvgIpc) is 3.18. The van der Waals surface area contributed by atoms with Crippen molar-refractivity contribution in [1.82, 2.24) is 19.7 Å². The molecule has 0 spiro atoms. The van der Waals surface area contributed by atoms with Gasteiger partial charge < -0.3 is 24.0 Å². The van der Waals surface area contributed by atoms with Crippen molar-refractivity contribution in [3.63, 3.8) is 0 Å². The molecule has 0 saturated carbocycles. The van der Waals surface area contributed by atoms with Crippen LogP contribution in [-0.2, 0) is 32.2 Å². The molecule has 0 bridgehead atoms. The van der Waals surface area contributed by atoms with Crippen LogP contribution in [0.2, 0.25) is 0 Å². The fourth-order valence-corrected chi connectivity index (χ4v) is 3.92. The van der Waals surface area contributed by atoms with Gasteiger partial charge in [-0.15, -0.1) is 0 Å². The predicted molar refractivity (Wildman–Crippen MR) is 121 cm³/mol. The molecule has 1 atom stereocenters. The quantitative estimate of drug-likeness (QED) is 0.576. The van der Waals surface area contributed by atoms with Crippen LogP contribution in [0.5, 0.6) is 5.75 Å². The number of aromatic nitrogens is 1. The number of carbonyl (C=O) groups excluding carboxylic acids is 3. The third-order valence-electron chi connectivity index (χ3n) is 5.75.